The minimum atomic E-state index is 0.822. The third-order valence-electron chi connectivity index (χ3n) is 2.93. The summed E-state index contributed by atoms with van der Waals surface area (Å²) in [6, 6.07) is 18.1. The van der Waals surface area contributed by atoms with E-state index >= 15 is 0 Å². The van der Waals surface area contributed by atoms with Crippen LogP contribution in [0.1, 0.15) is 19.4 Å². The zero-order valence-corrected chi connectivity index (χ0v) is 12.1. The van der Waals surface area contributed by atoms with Gasteiger partial charge in [0.05, 0.1) is 0 Å². The molecule has 0 spiro atoms. The van der Waals surface area contributed by atoms with Crippen molar-refractivity contribution in [1.82, 2.24) is 0 Å². The summed E-state index contributed by atoms with van der Waals surface area (Å²) in [6.45, 7) is 8.67. The van der Waals surface area contributed by atoms with Crippen molar-refractivity contribution in [2.75, 3.05) is 23.7 Å². The third kappa shape index (κ3) is 5.47. The van der Waals surface area contributed by atoms with E-state index in [1.54, 1.807) is 0 Å². The van der Waals surface area contributed by atoms with Crippen molar-refractivity contribution in [2.24, 2.45) is 0 Å². The van der Waals surface area contributed by atoms with Gasteiger partial charge in [-0.2, -0.15) is 0 Å². The van der Waals surface area contributed by atoms with Gasteiger partial charge in [-0.1, -0.05) is 30.3 Å². The van der Waals surface area contributed by atoms with Crippen LogP contribution in [0.2, 0.25) is 0 Å². The van der Waals surface area contributed by atoms with Crippen molar-refractivity contribution in [3.63, 3.8) is 0 Å². The van der Waals surface area contributed by atoms with Crippen molar-refractivity contribution in [2.45, 2.75) is 20.8 Å². The number of benzene rings is 2. The highest BCUT2D eigenvalue weighted by atomic mass is 15.1. The topological polar surface area (TPSA) is 29.3 Å². The first-order chi connectivity index (χ1) is 9.17. The van der Waals surface area contributed by atoms with E-state index in [9.17, 15) is 0 Å². The maximum absolute atomic E-state index is 5.36. The second-order valence-electron chi connectivity index (χ2n) is 4.42. The molecule has 102 valence electrons. The SMILES string of the molecule is CCN(CC)c1cccc(C)c1.Nc1ccccc1. The number of hydrogen-bond donors (Lipinski definition) is 1. The lowest BCUT2D eigenvalue weighted by Gasteiger charge is -2.21. The van der Waals surface area contributed by atoms with Crippen LogP contribution in [-0.2, 0) is 0 Å². The van der Waals surface area contributed by atoms with Gasteiger partial charge in [0.2, 0.25) is 0 Å². The van der Waals surface area contributed by atoms with Gasteiger partial charge in [-0.15, -0.1) is 0 Å². The Balaban J connectivity index is 0.000000218. The summed E-state index contributed by atoms with van der Waals surface area (Å²) < 4.78 is 0. The standard InChI is InChI=1S/C11H17N.C6H7N/c1-4-12(5-2)11-8-6-7-10(3)9-11;7-6-4-2-1-3-5-6/h6-9H,4-5H2,1-3H3;1-5H,7H2. The Morgan fingerprint density at radius 1 is 0.895 bits per heavy atom. The summed E-state index contributed by atoms with van der Waals surface area (Å²) in [7, 11) is 0. The van der Waals surface area contributed by atoms with Gasteiger partial charge < -0.3 is 10.6 Å². The Morgan fingerprint density at radius 2 is 1.53 bits per heavy atom. The number of aryl methyl sites for hydroxylation is 1. The predicted molar refractivity (Wildman–Crippen MR) is 85.6 cm³/mol. The number of anilines is 2. The Hall–Kier alpha value is -1.96. The highest BCUT2D eigenvalue weighted by Crippen LogP contribution is 2.14. The Morgan fingerprint density at radius 3 is 1.95 bits per heavy atom. The Kier molecular flexibility index (Phi) is 6.51. The third-order valence-corrected chi connectivity index (χ3v) is 2.93. The fourth-order valence-corrected chi connectivity index (χ4v) is 1.87. The minimum Gasteiger partial charge on any atom is -0.399 e. The lowest BCUT2D eigenvalue weighted by Crippen LogP contribution is -2.21. The van der Waals surface area contributed by atoms with Crippen molar-refractivity contribution in [3.05, 3.63) is 60.2 Å². The van der Waals surface area contributed by atoms with E-state index in [2.05, 4.69) is 49.9 Å². The molecule has 2 N–H and O–H groups in total. The van der Waals surface area contributed by atoms with Crippen LogP contribution in [0.4, 0.5) is 11.4 Å². The maximum Gasteiger partial charge on any atom is 0.0368 e. The molecule has 0 unspecified atom stereocenters. The summed E-state index contributed by atoms with van der Waals surface area (Å²) in [6.07, 6.45) is 0. The fourth-order valence-electron chi connectivity index (χ4n) is 1.87. The molecular weight excluding hydrogens is 232 g/mol. The van der Waals surface area contributed by atoms with Crippen LogP contribution in [0.5, 0.6) is 0 Å². The number of para-hydroxylation sites is 1. The molecule has 2 heteroatoms. The van der Waals surface area contributed by atoms with E-state index in [4.69, 9.17) is 5.73 Å². The maximum atomic E-state index is 5.36. The fraction of sp³-hybridized carbons (Fsp3) is 0.294. The van der Waals surface area contributed by atoms with Crippen LogP contribution in [0.3, 0.4) is 0 Å². The van der Waals surface area contributed by atoms with Gasteiger partial charge in [0.15, 0.2) is 0 Å². The van der Waals surface area contributed by atoms with Crippen LogP contribution in [0.15, 0.2) is 54.6 Å². The molecule has 0 fully saturated rings. The van der Waals surface area contributed by atoms with E-state index < -0.39 is 0 Å². The zero-order valence-electron chi connectivity index (χ0n) is 12.1. The van der Waals surface area contributed by atoms with Crippen molar-refractivity contribution in [3.8, 4) is 0 Å². The smallest absolute Gasteiger partial charge is 0.0368 e. The molecule has 2 nitrogen and oxygen atoms in total. The van der Waals surface area contributed by atoms with Crippen LogP contribution in [0, 0.1) is 6.92 Å². The normalized spacial score (nSPS) is 9.42. The van der Waals surface area contributed by atoms with Gasteiger partial charge in [0.25, 0.3) is 0 Å². The molecular formula is C17H24N2. The summed E-state index contributed by atoms with van der Waals surface area (Å²) in [4.78, 5) is 2.35. The molecule has 0 saturated heterocycles. The molecule has 19 heavy (non-hydrogen) atoms. The van der Waals surface area contributed by atoms with E-state index in [1.165, 1.54) is 11.3 Å². The van der Waals surface area contributed by atoms with Crippen molar-refractivity contribution >= 4 is 11.4 Å². The number of hydrogen-bond acceptors (Lipinski definition) is 2. The van der Waals surface area contributed by atoms with Crippen molar-refractivity contribution in [1.29, 1.82) is 0 Å². The van der Waals surface area contributed by atoms with Crippen molar-refractivity contribution < 1.29 is 0 Å². The highest BCUT2D eigenvalue weighted by molar-refractivity contribution is 5.48. The monoisotopic (exact) mass is 256 g/mol. The quantitative estimate of drug-likeness (QED) is 0.837. The van der Waals surface area contributed by atoms with Crippen LogP contribution < -0.4 is 10.6 Å². The first kappa shape index (κ1) is 15.1. The molecule has 0 aliphatic carbocycles. The van der Waals surface area contributed by atoms with E-state index in [1.807, 2.05) is 30.3 Å². The molecule has 0 aromatic heterocycles. The van der Waals surface area contributed by atoms with Crippen LogP contribution >= 0.6 is 0 Å². The molecule has 0 aliphatic rings. The van der Waals surface area contributed by atoms with Gasteiger partial charge in [0.1, 0.15) is 0 Å². The molecule has 2 rings (SSSR count). The van der Waals surface area contributed by atoms with Crippen LogP contribution in [-0.4, -0.2) is 13.1 Å². The summed E-state index contributed by atoms with van der Waals surface area (Å²) in [5, 5.41) is 0. The lowest BCUT2D eigenvalue weighted by molar-refractivity contribution is 0.865. The minimum absolute atomic E-state index is 0.822. The van der Waals surface area contributed by atoms with E-state index in [0.29, 0.717) is 0 Å². The number of nitrogens with two attached hydrogens (primary N) is 1. The van der Waals surface area contributed by atoms with Gasteiger partial charge in [-0.3, -0.25) is 0 Å². The first-order valence-corrected chi connectivity index (χ1v) is 6.79. The van der Waals surface area contributed by atoms with Gasteiger partial charge in [0, 0.05) is 24.5 Å². The second kappa shape index (κ2) is 8.20. The molecule has 2 aromatic rings. The molecule has 0 aliphatic heterocycles. The average molecular weight is 256 g/mol. The van der Waals surface area contributed by atoms with Gasteiger partial charge >= 0.3 is 0 Å². The number of nitrogen functional groups attached to an aromatic ring is 1. The van der Waals surface area contributed by atoms with E-state index in [0.717, 1.165) is 18.8 Å². The number of rotatable bonds is 3. The molecule has 0 radical (unpaired) electrons. The van der Waals surface area contributed by atoms with Gasteiger partial charge in [-0.25, -0.2) is 0 Å². The molecule has 0 saturated carbocycles. The van der Waals surface area contributed by atoms with Gasteiger partial charge in [-0.05, 0) is 50.6 Å². The summed E-state index contributed by atoms with van der Waals surface area (Å²) in [5.74, 6) is 0. The highest BCUT2D eigenvalue weighted by Gasteiger charge is 1.99. The van der Waals surface area contributed by atoms with Crippen LogP contribution in [0.25, 0.3) is 0 Å². The second-order valence-corrected chi connectivity index (χ2v) is 4.42. The Labute approximate surface area is 116 Å². The molecule has 0 heterocycles. The zero-order chi connectivity index (χ0) is 14.1. The first-order valence-electron chi connectivity index (χ1n) is 6.79. The largest absolute Gasteiger partial charge is 0.399 e. The predicted octanol–water partition coefficient (Wildman–Crippen LogP) is 4.11. The van der Waals surface area contributed by atoms with E-state index in [-0.39, 0.29) is 0 Å². The molecule has 2 aromatic carbocycles. The summed E-state index contributed by atoms with van der Waals surface area (Å²) in [5.41, 5.74) is 8.85. The average Bonchev–Trinajstić information content (AvgIpc) is 2.42. The lowest BCUT2D eigenvalue weighted by atomic mass is 10.2. The molecule has 0 atom stereocenters. The number of nitrogens with zero attached hydrogens (tertiary/aromatic N) is 1. The Bertz CT molecular complexity index is 462. The molecule has 0 bridgehead atoms. The summed E-state index contributed by atoms with van der Waals surface area (Å²) >= 11 is 0. The molecule has 0 amide bonds.